The van der Waals surface area contributed by atoms with E-state index in [1.807, 2.05) is 109 Å². The van der Waals surface area contributed by atoms with E-state index in [0.717, 1.165) is 28.8 Å². The summed E-state index contributed by atoms with van der Waals surface area (Å²) in [6.07, 6.45) is 0.454. The number of carbonyl (C=O) groups is 3. The Balaban J connectivity index is 1.00. The lowest BCUT2D eigenvalue weighted by atomic mass is 10.0. The molecule has 67 heavy (non-hydrogen) atoms. The number of carbonyl (C=O) groups excluding carboxylic acids is 3. The maximum Gasteiger partial charge on any atom is 0.339 e. The minimum absolute atomic E-state index is 0.0145. The van der Waals surface area contributed by atoms with Gasteiger partial charge in [-0.25, -0.2) is 9.59 Å². The van der Waals surface area contributed by atoms with Crippen LogP contribution in [-0.4, -0.2) is 48.0 Å². The first-order valence-corrected chi connectivity index (χ1v) is 22.3. The van der Waals surface area contributed by atoms with Crippen molar-refractivity contribution in [2.24, 2.45) is 0 Å². The summed E-state index contributed by atoms with van der Waals surface area (Å²) < 4.78 is 30.6. The number of rotatable bonds is 15. The summed E-state index contributed by atoms with van der Waals surface area (Å²) in [6, 6.07) is 52.6. The number of nitrogens with zero attached hydrogens (tertiary/aromatic N) is 1. The second-order valence-corrected chi connectivity index (χ2v) is 16.5. The van der Waals surface area contributed by atoms with Crippen LogP contribution in [0.25, 0.3) is 21.9 Å². The van der Waals surface area contributed by atoms with Crippen LogP contribution in [0.2, 0.25) is 0 Å². The van der Waals surface area contributed by atoms with Crippen LogP contribution >= 0.6 is 0 Å². The van der Waals surface area contributed by atoms with E-state index in [0.29, 0.717) is 43.9 Å². The molecule has 2 atom stereocenters. The van der Waals surface area contributed by atoms with Gasteiger partial charge in [-0.05, 0) is 90.2 Å². The number of ether oxygens (including phenoxy) is 4. The average Bonchev–Trinajstić information content (AvgIpc) is 3.55. The molecule has 2 heterocycles. The van der Waals surface area contributed by atoms with E-state index in [1.54, 1.807) is 36.4 Å². The largest absolute Gasteiger partial charge is 0.489 e. The van der Waals surface area contributed by atoms with Crippen LogP contribution in [0.15, 0.2) is 185 Å². The summed E-state index contributed by atoms with van der Waals surface area (Å²) in [7, 11) is 0. The van der Waals surface area contributed by atoms with E-state index in [2.05, 4.69) is 22.3 Å². The lowest BCUT2D eigenvalue weighted by molar-refractivity contribution is 0.0175. The lowest BCUT2D eigenvalue weighted by Crippen LogP contribution is -2.50. The molecule has 7 aromatic carbocycles. The van der Waals surface area contributed by atoms with Gasteiger partial charge in [-0.1, -0.05) is 127 Å². The van der Waals surface area contributed by atoms with E-state index in [9.17, 15) is 19.2 Å². The molecule has 1 aliphatic rings. The highest BCUT2D eigenvalue weighted by atomic mass is 16.5. The molecular weight excluding hydrogens is 845 g/mol. The maximum atomic E-state index is 14.6. The third-order valence-electron chi connectivity index (χ3n) is 11.7. The van der Waals surface area contributed by atoms with E-state index >= 15 is 0 Å². The highest BCUT2D eigenvalue weighted by Gasteiger charge is 2.33. The van der Waals surface area contributed by atoms with Crippen LogP contribution in [0, 0.1) is 0 Å². The van der Waals surface area contributed by atoms with Crippen molar-refractivity contribution >= 4 is 39.8 Å². The summed E-state index contributed by atoms with van der Waals surface area (Å²) >= 11 is 0. The molecule has 8 aromatic rings. The van der Waals surface area contributed by atoms with E-state index in [4.69, 9.17) is 23.4 Å². The molecular formula is C56H48N2O9. The average molecular weight is 893 g/mol. The molecule has 1 amide bonds. The van der Waals surface area contributed by atoms with Crippen molar-refractivity contribution in [2.75, 3.05) is 13.1 Å². The molecule has 1 aliphatic heterocycles. The van der Waals surface area contributed by atoms with Crippen LogP contribution in [0.3, 0.4) is 0 Å². The van der Waals surface area contributed by atoms with Gasteiger partial charge in [0.05, 0.1) is 22.6 Å². The van der Waals surface area contributed by atoms with Gasteiger partial charge in [-0.2, -0.15) is 0 Å². The van der Waals surface area contributed by atoms with Crippen molar-refractivity contribution in [3.05, 3.63) is 225 Å². The second kappa shape index (κ2) is 20.9. The van der Waals surface area contributed by atoms with Gasteiger partial charge in [0.1, 0.15) is 54.0 Å². The Kier molecular flexibility index (Phi) is 13.8. The van der Waals surface area contributed by atoms with Crippen molar-refractivity contribution in [2.45, 2.75) is 51.4 Å². The quantitative estimate of drug-likeness (QED) is 0.0783. The van der Waals surface area contributed by atoms with Crippen LogP contribution in [0.5, 0.6) is 11.5 Å². The Morgan fingerprint density at radius 3 is 1.87 bits per heavy atom. The van der Waals surface area contributed by atoms with Gasteiger partial charge < -0.3 is 28.7 Å². The third-order valence-corrected chi connectivity index (χ3v) is 11.7. The molecule has 336 valence electrons. The van der Waals surface area contributed by atoms with Gasteiger partial charge >= 0.3 is 11.9 Å². The molecule has 0 spiro atoms. The zero-order chi connectivity index (χ0) is 46.0. The molecule has 0 aliphatic carbocycles. The lowest BCUT2D eigenvalue weighted by Gasteiger charge is -2.29. The molecule has 1 saturated heterocycles. The highest BCUT2D eigenvalue weighted by molar-refractivity contribution is 6.07. The minimum atomic E-state index is -0.719. The van der Waals surface area contributed by atoms with E-state index < -0.39 is 29.5 Å². The fourth-order valence-corrected chi connectivity index (χ4v) is 8.30. The van der Waals surface area contributed by atoms with E-state index in [1.165, 1.54) is 18.2 Å². The Morgan fingerprint density at radius 2 is 1.21 bits per heavy atom. The molecule has 0 radical (unpaired) electrons. The van der Waals surface area contributed by atoms with Gasteiger partial charge in [0.2, 0.25) is 5.43 Å². The van der Waals surface area contributed by atoms with Gasteiger partial charge in [0.15, 0.2) is 0 Å². The Labute approximate surface area is 387 Å². The molecule has 1 fully saturated rings. The predicted octanol–water partition coefficient (Wildman–Crippen LogP) is 10.1. The van der Waals surface area contributed by atoms with Crippen molar-refractivity contribution in [1.82, 2.24) is 10.2 Å². The normalized spacial score (nSPS) is 15.0. The molecule has 0 saturated carbocycles. The molecule has 1 N–H and O–H groups in total. The number of esters is 2. The Hall–Kier alpha value is -8.02. The molecule has 1 aromatic heterocycles. The minimum Gasteiger partial charge on any atom is -0.489 e. The number of hydrogen-bond donors (Lipinski definition) is 1. The summed E-state index contributed by atoms with van der Waals surface area (Å²) in [5, 5.41) is 3.27. The first-order valence-electron chi connectivity index (χ1n) is 22.3. The SMILES string of the molecule is O=C(N[C@@H]1CN(Cc2ccccc2)CCC[C@H]1OC(=O)c1cc(OCc2ccccc2)c2c(=O)c3c(C(=O)OCc4ccccc4)cccc3oc2c1)c1ccc(OCc2ccccc2)cc1. The molecule has 11 nitrogen and oxygen atoms in total. The van der Waals surface area contributed by atoms with E-state index in [-0.39, 0.29) is 57.9 Å². The number of amides is 1. The Bertz CT molecular complexity index is 3030. The van der Waals surface area contributed by atoms with Crippen LogP contribution in [-0.2, 0) is 35.8 Å². The van der Waals surface area contributed by atoms with Crippen molar-refractivity contribution < 1.29 is 37.7 Å². The first-order chi connectivity index (χ1) is 32.8. The third kappa shape index (κ3) is 10.9. The second-order valence-electron chi connectivity index (χ2n) is 16.5. The smallest absolute Gasteiger partial charge is 0.339 e. The molecule has 0 unspecified atom stereocenters. The van der Waals surface area contributed by atoms with Crippen molar-refractivity contribution in [3.63, 3.8) is 0 Å². The number of nitrogens with one attached hydrogen (secondary N) is 1. The molecule has 0 bridgehead atoms. The number of likely N-dealkylation sites (tertiary alicyclic amines) is 1. The Morgan fingerprint density at radius 1 is 0.597 bits per heavy atom. The van der Waals surface area contributed by atoms with Gasteiger partial charge in [0, 0.05) is 18.7 Å². The van der Waals surface area contributed by atoms with Crippen molar-refractivity contribution in [3.8, 4) is 11.5 Å². The van der Waals surface area contributed by atoms with Crippen LogP contribution in [0.4, 0.5) is 0 Å². The summed E-state index contributed by atoms with van der Waals surface area (Å²) in [5.41, 5.74) is 4.00. The summed E-state index contributed by atoms with van der Waals surface area (Å²) in [4.78, 5) is 58.8. The first kappa shape index (κ1) is 44.2. The summed E-state index contributed by atoms with van der Waals surface area (Å²) in [6.45, 7) is 2.26. The predicted molar refractivity (Wildman–Crippen MR) is 255 cm³/mol. The van der Waals surface area contributed by atoms with Gasteiger partial charge in [-0.3, -0.25) is 14.5 Å². The molecule has 9 rings (SSSR count). The number of fused-ring (bicyclic) bond motifs is 2. The van der Waals surface area contributed by atoms with Gasteiger partial charge in [-0.15, -0.1) is 0 Å². The monoisotopic (exact) mass is 892 g/mol. The van der Waals surface area contributed by atoms with Crippen molar-refractivity contribution in [1.29, 1.82) is 0 Å². The number of benzene rings is 7. The summed E-state index contributed by atoms with van der Waals surface area (Å²) in [5.74, 6) is -0.990. The topological polar surface area (TPSA) is 134 Å². The zero-order valence-electron chi connectivity index (χ0n) is 36.7. The van der Waals surface area contributed by atoms with Gasteiger partial charge in [0.25, 0.3) is 5.91 Å². The zero-order valence-corrected chi connectivity index (χ0v) is 36.7. The number of hydrogen-bond acceptors (Lipinski definition) is 10. The van der Waals surface area contributed by atoms with Crippen LogP contribution in [0.1, 0.15) is 66.2 Å². The molecule has 11 heteroatoms. The maximum absolute atomic E-state index is 14.6. The fraction of sp³-hybridized carbons (Fsp3) is 0.179. The standard InChI is InChI=1S/C56H48N2O9/c59-53-51-45(56(62)65-37-41-21-11-4-12-22-41)23-13-24-48(51)66-50-32-43(31-49(52(50)53)64-36-40-19-9-3-10-20-40)55(61)67-47-25-14-30-58(33-38-15-5-1-6-16-38)34-46(47)57-54(60)42-26-28-44(29-27-42)63-35-39-17-7-2-8-18-39/h1-13,15-24,26-29,31-32,46-47H,14,25,30,33-37H2,(H,57,60)/t46-,47-/m1/s1. The highest BCUT2D eigenvalue weighted by Crippen LogP contribution is 2.32. The fourth-order valence-electron chi connectivity index (χ4n) is 8.30. The van der Waals surface area contributed by atoms with Crippen LogP contribution < -0.4 is 20.2 Å².